The predicted octanol–water partition coefficient (Wildman–Crippen LogP) is 2.75. The standard InChI is InChI=1S/C19H22ClN3O2/c1-12-10-17(13(2)23(12)16-6-4-15(20)5-7-16)19(25)14(3)22-9-8-21-18(24)11-22/h4-7,10,14H,8-9,11H2,1-3H3,(H,21,24)/t14-/m0/s1. The molecule has 2 heterocycles. The molecule has 2 aromatic rings. The molecule has 1 amide bonds. The minimum absolute atomic E-state index is 0.0301. The van der Waals surface area contributed by atoms with Crippen LogP contribution in [0.1, 0.15) is 28.7 Å². The van der Waals surface area contributed by atoms with Gasteiger partial charge in [-0.05, 0) is 51.1 Å². The van der Waals surface area contributed by atoms with Crippen molar-refractivity contribution in [1.82, 2.24) is 14.8 Å². The number of piperazine rings is 1. The number of aromatic nitrogens is 1. The first-order chi connectivity index (χ1) is 11.9. The number of nitrogens with one attached hydrogen (secondary N) is 1. The van der Waals surface area contributed by atoms with Crippen molar-refractivity contribution in [1.29, 1.82) is 0 Å². The van der Waals surface area contributed by atoms with Gasteiger partial charge in [-0.1, -0.05) is 11.6 Å². The van der Waals surface area contributed by atoms with Crippen molar-refractivity contribution in [3.05, 3.63) is 52.3 Å². The Labute approximate surface area is 152 Å². The molecule has 5 nitrogen and oxygen atoms in total. The zero-order valence-corrected chi connectivity index (χ0v) is 15.4. The summed E-state index contributed by atoms with van der Waals surface area (Å²) in [5.41, 5.74) is 3.57. The Morgan fingerprint density at radius 2 is 1.92 bits per heavy atom. The maximum Gasteiger partial charge on any atom is 0.234 e. The molecule has 0 unspecified atom stereocenters. The largest absolute Gasteiger partial charge is 0.354 e. The molecule has 1 aliphatic heterocycles. The summed E-state index contributed by atoms with van der Waals surface area (Å²) in [4.78, 5) is 26.5. The van der Waals surface area contributed by atoms with Gasteiger partial charge in [0.1, 0.15) is 0 Å². The van der Waals surface area contributed by atoms with E-state index >= 15 is 0 Å². The van der Waals surface area contributed by atoms with Crippen LogP contribution in [0, 0.1) is 13.8 Å². The van der Waals surface area contributed by atoms with Gasteiger partial charge in [0.15, 0.2) is 5.78 Å². The third-order valence-corrected chi connectivity index (χ3v) is 5.03. The highest BCUT2D eigenvalue weighted by Gasteiger charge is 2.28. The number of aryl methyl sites for hydroxylation is 1. The highest BCUT2D eigenvalue weighted by atomic mass is 35.5. The minimum Gasteiger partial charge on any atom is -0.354 e. The van der Waals surface area contributed by atoms with Gasteiger partial charge in [-0.3, -0.25) is 14.5 Å². The number of amides is 1. The molecular weight excluding hydrogens is 338 g/mol. The van der Waals surface area contributed by atoms with E-state index in [-0.39, 0.29) is 24.3 Å². The van der Waals surface area contributed by atoms with Crippen LogP contribution in [0.3, 0.4) is 0 Å². The average molecular weight is 360 g/mol. The lowest BCUT2D eigenvalue weighted by Crippen LogP contribution is -2.52. The lowest BCUT2D eigenvalue weighted by molar-refractivity contribution is -0.124. The first kappa shape index (κ1) is 17.7. The molecule has 0 aliphatic carbocycles. The number of Topliss-reactive ketones (excluding diaryl/α,β-unsaturated/α-hetero) is 1. The summed E-state index contributed by atoms with van der Waals surface area (Å²) >= 11 is 5.97. The molecule has 1 aromatic heterocycles. The maximum absolute atomic E-state index is 13.0. The van der Waals surface area contributed by atoms with Crippen LogP contribution in [-0.2, 0) is 4.79 Å². The first-order valence-electron chi connectivity index (χ1n) is 8.38. The molecule has 1 atom stereocenters. The van der Waals surface area contributed by atoms with E-state index in [1.54, 1.807) is 0 Å². The van der Waals surface area contributed by atoms with Gasteiger partial charge in [0.2, 0.25) is 5.91 Å². The molecule has 0 radical (unpaired) electrons. The Morgan fingerprint density at radius 1 is 1.24 bits per heavy atom. The van der Waals surface area contributed by atoms with Gasteiger partial charge in [-0.25, -0.2) is 0 Å². The van der Waals surface area contributed by atoms with Crippen LogP contribution in [0.5, 0.6) is 0 Å². The van der Waals surface area contributed by atoms with E-state index < -0.39 is 0 Å². The van der Waals surface area contributed by atoms with Crippen LogP contribution in [0.15, 0.2) is 30.3 Å². The highest BCUT2D eigenvalue weighted by molar-refractivity contribution is 6.30. The fraction of sp³-hybridized carbons (Fsp3) is 0.368. The first-order valence-corrected chi connectivity index (χ1v) is 8.76. The van der Waals surface area contributed by atoms with Crippen molar-refractivity contribution in [2.24, 2.45) is 0 Å². The topological polar surface area (TPSA) is 54.3 Å². The lowest BCUT2D eigenvalue weighted by Gasteiger charge is -2.31. The Hall–Kier alpha value is -2.11. The summed E-state index contributed by atoms with van der Waals surface area (Å²) in [6.45, 7) is 7.34. The summed E-state index contributed by atoms with van der Waals surface area (Å²) in [5, 5.41) is 3.47. The molecule has 1 saturated heterocycles. The second-order valence-electron chi connectivity index (χ2n) is 6.46. The second-order valence-corrected chi connectivity index (χ2v) is 6.89. The molecule has 1 N–H and O–H groups in total. The summed E-state index contributed by atoms with van der Waals surface area (Å²) < 4.78 is 2.05. The number of rotatable bonds is 4. The van der Waals surface area contributed by atoms with Gasteiger partial charge < -0.3 is 9.88 Å². The van der Waals surface area contributed by atoms with E-state index in [0.29, 0.717) is 23.7 Å². The molecule has 0 spiro atoms. The minimum atomic E-state index is -0.329. The van der Waals surface area contributed by atoms with Crippen LogP contribution in [0.4, 0.5) is 0 Å². The summed E-state index contributed by atoms with van der Waals surface area (Å²) in [6.07, 6.45) is 0. The number of benzene rings is 1. The maximum atomic E-state index is 13.0. The number of carbonyl (C=O) groups excluding carboxylic acids is 2. The van der Waals surface area contributed by atoms with Crippen molar-refractivity contribution in [3.8, 4) is 5.69 Å². The Balaban J connectivity index is 1.90. The predicted molar refractivity (Wildman–Crippen MR) is 98.6 cm³/mol. The van der Waals surface area contributed by atoms with Crippen molar-refractivity contribution >= 4 is 23.3 Å². The fourth-order valence-electron chi connectivity index (χ4n) is 3.38. The van der Waals surface area contributed by atoms with Crippen molar-refractivity contribution in [3.63, 3.8) is 0 Å². The molecule has 1 aliphatic rings. The third-order valence-electron chi connectivity index (χ3n) is 4.78. The highest BCUT2D eigenvalue weighted by Crippen LogP contribution is 2.24. The number of ketones is 1. The smallest absolute Gasteiger partial charge is 0.234 e. The quantitative estimate of drug-likeness (QED) is 0.854. The molecule has 1 fully saturated rings. The molecule has 0 bridgehead atoms. The van der Waals surface area contributed by atoms with Crippen LogP contribution >= 0.6 is 11.6 Å². The fourth-order valence-corrected chi connectivity index (χ4v) is 3.51. The number of carbonyl (C=O) groups is 2. The monoisotopic (exact) mass is 359 g/mol. The molecule has 3 rings (SSSR count). The van der Waals surface area contributed by atoms with E-state index in [2.05, 4.69) is 9.88 Å². The zero-order chi connectivity index (χ0) is 18.1. The van der Waals surface area contributed by atoms with Gasteiger partial charge in [0.05, 0.1) is 12.6 Å². The molecule has 132 valence electrons. The number of nitrogens with zero attached hydrogens (tertiary/aromatic N) is 2. The van der Waals surface area contributed by atoms with E-state index in [1.165, 1.54) is 0 Å². The Bertz CT molecular complexity index is 811. The zero-order valence-electron chi connectivity index (χ0n) is 14.7. The van der Waals surface area contributed by atoms with Gasteiger partial charge in [0, 0.05) is 40.8 Å². The van der Waals surface area contributed by atoms with Crippen LogP contribution in [0.25, 0.3) is 5.69 Å². The molecular formula is C19H22ClN3O2. The van der Waals surface area contributed by atoms with E-state index in [1.807, 2.05) is 56.0 Å². The van der Waals surface area contributed by atoms with Gasteiger partial charge in [0.25, 0.3) is 0 Å². The Kier molecular flexibility index (Phi) is 4.97. The molecule has 6 heteroatoms. The van der Waals surface area contributed by atoms with Gasteiger partial charge in [-0.2, -0.15) is 0 Å². The Morgan fingerprint density at radius 3 is 2.56 bits per heavy atom. The summed E-state index contributed by atoms with van der Waals surface area (Å²) in [7, 11) is 0. The summed E-state index contributed by atoms with van der Waals surface area (Å²) in [6, 6.07) is 9.15. The molecule has 0 saturated carbocycles. The van der Waals surface area contributed by atoms with Crippen LogP contribution in [-0.4, -0.2) is 46.8 Å². The van der Waals surface area contributed by atoms with E-state index in [4.69, 9.17) is 11.6 Å². The van der Waals surface area contributed by atoms with Crippen LogP contribution < -0.4 is 5.32 Å². The van der Waals surface area contributed by atoms with E-state index in [0.717, 1.165) is 17.1 Å². The number of hydrogen-bond donors (Lipinski definition) is 1. The normalized spacial score (nSPS) is 16.6. The molecule has 25 heavy (non-hydrogen) atoms. The average Bonchev–Trinajstić information content (AvgIpc) is 2.89. The van der Waals surface area contributed by atoms with Crippen molar-refractivity contribution in [2.75, 3.05) is 19.6 Å². The SMILES string of the molecule is Cc1cc(C(=O)[C@H](C)N2CCNC(=O)C2)c(C)n1-c1ccc(Cl)cc1. The lowest BCUT2D eigenvalue weighted by atomic mass is 10.0. The van der Waals surface area contributed by atoms with Crippen molar-refractivity contribution in [2.45, 2.75) is 26.8 Å². The van der Waals surface area contributed by atoms with Crippen LogP contribution in [0.2, 0.25) is 5.02 Å². The molecule has 1 aromatic carbocycles. The van der Waals surface area contributed by atoms with Gasteiger partial charge >= 0.3 is 0 Å². The third kappa shape index (κ3) is 3.48. The second kappa shape index (κ2) is 7.02. The van der Waals surface area contributed by atoms with E-state index in [9.17, 15) is 9.59 Å². The van der Waals surface area contributed by atoms with Gasteiger partial charge in [-0.15, -0.1) is 0 Å². The number of halogens is 1. The number of hydrogen-bond acceptors (Lipinski definition) is 3. The summed E-state index contributed by atoms with van der Waals surface area (Å²) in [5.74, 6) is 0.0144. The van der Waals surface area contributed by atoms with Crippen molar-refractivity contribution < 1.29 is 9.59 Å².